The van der Waals surface area contributed by atoms with Crippen molar-refractivity contribution in [2.24, 2.45) is 30.6 Å². The molecule has 4 aliphatic heterocycles. The molecule has 0 fully saturated rings. The van der Waals surface area contributed by atoms with Crippen LogP contribution in [0.3, 0.4) is 0 Å². The van der Waals surface area contributed by atoms with Crippen LogP contribution in [0, 0.1) is 6.92 Å². The maximum atomic E-state index is 10.8. The highest BCUT2D eigenvalue weighted by atomic mass is 16.2. The summed E-state index contributed by atoms with van der Waals surface area (Å²) in [5.74, 6) is 3.01. The van der Waals surface area contributed by atoms with E-state index >= 15 is 0 Å². The summed E-state index contributed by atoms with van der Waals surface area (Å²) in [6.45, 7) is 5.46. The number of fused-ring (bicyclic) bond motifs is 1. The van der Waals surface area contributed by atoms with Gasteiger partial charge in [0.1, 0.15) is 12.0 Å². The average Bonchev–Trinajstić information content (AvgIpc) is 3.63. The number of nitrogens with one attached hydrogen (secondary N) is 2. The molecule has 0 radical (unpaired) electrons. The lowest BCUT2D eigenvalue weighted by molar-refractivity contribution is -0.441. The predicted molar refractivity (Wildman–Crippen MR) is 218 cm³/mol. The molecule has 1 unspecified atom stereocenters. The number of nitrogens with zero attached hydrogens (tertiary/aromatic N) is 9. The average molecular weight is 753 g/mol. The van der Waals surface area contributed by atoms with E-state index in [0.29, 0.717) is 18.2 Å². The summed E-state index contributed by atoms with van der Waals surface area (Å²) in [5.41, 5.74) is 19.8. The van der Waals surface area contributed by atoms with Gasteiger partial charge >= 0.3 is 17.2 Å². The van der Waals surface area contributed by atoms with Gasteiger partial charge in [0.05, 0.1) is 44.1 Å². The Kier molecular flexibility index (Phi) is 20.8. The molecule has 0 aliphatic carbocycles. The minimum atomic E-state index is -0.387. The van der Waals surface area contributed by atoms with E-state index in [1.165, 1.54) is 27.7 Å². The van der Waals surface area contributed by atoms with Gasteiger partial charge < -0.3 is 31.2 Å². The second-order valence-corrected chi connectivity index (χ2v) is 11.4. The molecule has 1 amide bonds. The zero-order valence-electron chi connectivity index (χ0n) is 29.0. The smallest absolute Gasteiger partial charge is 0.347 e. The number of aliphatic imine (C=N–C) groups is 1. The number of aromatic nitrogens is 6. The molecule has 0 saturated heterocycles. The highest BCUT2D eigenvalue weighted by Crippen LogP contribution is 2.22. The first-order valence-corrected chi connectivity index (χ1v) is 15.3. The fourth-order valence-electron chi connectivity index (χ4n) is 4.40. The highest BCUT2D eigenvalue weighted by molar-refractivity contribution is 5.82. The van der Waals surface area contributed by atoms with Gasteiger partial charge in [-0.15, -0.1) is 0 Å². The van der Waals surface area contributed by atoms with E-state index in [1.807, 2.05) is 41.8 Å². The fourth-order valence-corrected chi connectivity index (χ4v) is 4.40. The number of nitrogens with two attached hydrogens (primary N) is 3. The van der Waals surface area contributed by atoms with Crippen LogP contribution in [0.2, 0.25) is 0 Å². The molecule has 296 valence electrons. The van der Waals surface area contributed by atoms with Crippen molar-refractivity contribution in [1.29, 1.82) is 0 Å². The van der Waals surface area contributed by atoms with Gasteiger partial charge in [-0.3, -0.25) is 14.6 Å². The van der Waals surface area contributed by atoms with Crippen molar-refractivity contribution >= 4 is 35.9 Å². The minimum absolute atomic E-state index is 0. The van der Waals surface area contributed by atoms with Gasteiger partial charge in [0, 0.05) is 64.3 Å². The largest absolute Gasteiger partial charge is 0.383 e. The maximum Gasteiger partial charge on any atom is 0.347 e. The third-order valence-corrected chi connectivity index (χ3v) is 7.40. The number of carbonyl (C=O) groups is 1. The number of nitrogen functional groups attached to an aromatic ring is 1. The Morgan fingerprint density at radius 3 is 2.07 bits per heavy atom. The zero-order valence-corrected chi connectivity index (χ0v) is 29.0. The van der Waals surface area contributed by atoms with E-state index in [4.69, 9.17) is 17.2 Å². The molecule has 0 bridgehead atoms. The van der Waals surface area contributed by atoms with Crippen molar-refractivity contribution in [2.45, 2.75) is 62.1 Å². The van der Waals surface area contributed by atoms with Gasteiger partial charge in [0.25, 0.3) is 17.3 Å². The van der Waals surface area contributed by atoms with Crippen LogP contribution in [0.4, 0.5) is 11.6 Å². The monoisotopic (exact) mass is 752 g/mol. The molecule has 54 heavy (non-hydrogen) atoms. The molecular formula is C36H60N14O4+2. The Morgan fingerprint density at radius 1 is 0.907 bits per heavy atom. The summed E-state index contributed by atoms with van der Waals surface area (Å²) >= 11 is 0. The Labute approximate surface area is 317 Å². The normalized spacial score (nSPS) is 15.4. The molecule has 3 aromatic rings. The van der Waals surface area contributed by atoms with E-state index < -0.39 is 0 Å². The van der Waals surface area contributed by atoms with Crippen LogP contribution in [-0.4, -0.2) is 94.7 Å². The standard InChI is InChI=1S/C7H12N5.C7H9N4.C7H9NO.C6H8N2O.C5H6N2O2.4CH4/c1-12-3-2-4-5(8)10-7(9)11-6(4)12;1-11-3-2-5-6(8)9-4-10-7(5)11;1-6-3-4-8(2)7(9)5-6;1-5-3-4-8(2)6(9)7-5;1-7-3-2-4(8)6-5(7)9;;;;/h3,5H,2,8H2,1H3,(H3,9,10,11);3-4H,2H2,1H3,(H2,8,9,10);3-4H,1,5H2,2H3;3-4H,1-2H3;2-3H,1H3,(H,6,8,9);4*1H4/q2*+1;;;;;;;. The second-order valence-electron chi connectivity index (χ2n) is 11.4. The summed E-state index contributed by atoms with van der Waals surface area (Å²) < 4.78 is 6.68. The number of hydrogen-bond donors (Lipinski definition) is 5. The summed E-state index contributed by atoms with van der Waals surface area (Å²) in [6.07, 6.45) is 14.2. The topological polar surface area (TPSA) is 244 Å². The molecule has 8 N–H and O–H groups in total. The van der Waals surface area contributed by atoms with Crippen LogP contribution in [0.5, 0.6) is 0 Å². The quantitative estimate of drug-likeness (QED) is 0.204. The van der Waals surface area contributed by atoms with Crippen LogP contribution in [0.25, 0.3) is 0 Å². The Morgan fingerprint density at radius 2 is 1.54 bits per heavy atom. The molecule has 4 aliphatic rings. The van der Waals surface area contributed by atoms with Crippen molar-refractivity contribution < 1.29 is 13.9 Å². The molecule has 1 atom stereocenters. The fraction of sp³-hybridized carbons (Fsp3) is 0.389. The van der Waals surface area contributed by atoms with E-state index in [9.17, 15) is 19.2 Å². The molecule has 0 spiro atoms. The number of carbonyl (C=O) groups excluding carboxylic acids is 1. The molecule has 0 aromatic carbocycles. The minimum Gasteiger partial charge on any atom is -0.383 e. The number of hydrogen-bond acceptors (Lipinski definition) is 12. The lowest BCUT2D eigenvalue weighted by Crippen LogP contribution is -2.42. The third-order valence-electron chi connectivity index (χ3n) is 7.40. The number of amides is 1. The van der Waals surface area contributed by atoms with Crippen molar-refractivity contribution in [2.75, 3.05) is 26.9 Å². The van der Waals surface area contributed by atoms with Crippen molar-refractivity contribution in [3.05, 3.63) is 109 Å². The number of allylic oxidation sites excluding steroid dienone is 1. The number of aromatic amines is 1. The number of aryl methyl sites for hydroxylation is 3. The first kappa shape index (κ1) is 49.8. The van der Waals surface area contributed by atoms with E-state index in [0.717, 1.165) is 46.9 Å². The van der Waals surface area contributed by atoms with E-state index in [1.54, 1.807) is 51.4 Å². The Hall–Kier alpha value is -6.30. The second kappa shape index (κ2) is 22.6. The first-order chi connectivity index (χ1) is 23.6. The maximum absolute atomic E-state index is 10.8. The molecule has 18 nitrogen and oxygen atoms in total. The number of guanidine groups is 1. The Bertz CT molecular complexity index is 2090. The SMILES string of the molecule is C.C.C.C.C=C1C=CN(C)C(=O)C1.C[N+]1=CCC2=C1NC(N)=NC2N.C[N+]1=CCc2c(N)ncnc21.Cc1ccn(C)c(=O)n1.Cn1ccc(=O)[nH]c1=O. The van der Waals surface area contributed by atoms with Gasteiger partial charge in [0.15, 0.2) is 0 Å². The van der Waals surface area contributed by atoms with Gasteiger partial charge in [0.2, 0.25) is 12.2 Å². The highest BCUT2D eigenvalue weighted by Gasteiger charge is 2.30. The third kappa shape index (κ3) is 14.0. The van der Waals surface area contributed by atoms with Crippen LogP contribution in [0.1, 0.15) is 53.8 Å². The molecular weight excluding hydrogens is 692 g/mol. The zero-order chi connectivity index (χ0) is 37.1. The number of H-pyrrole nitrogens is 1. The van der Waals surface area contributed by atoms with Crippen LogP contribution in [0.15, 0.2) is 86.1 Å². The Balaban J connectivity index is 0. The summed E-state index contributed by atoms with van der Waals surface area (Å²) in [5, 5.41) is 2.98. The molecule has 0 saturated carbocycles. The van der Waals surface area contributed by atoms with Crippen molar-refractivity contribution in [3.8, 4) is 0 Å². The lowest BCUT2D eigenvalue weighted by Gasteiger charge is -2.16. The van der Waals surface area contributed by atoms with Gasteiger partial charge in [-0.1, -0.05) is 36.3 Å². The lowest BCUT2D eigenvalue weighted by atomic mass is 10.1. The molecule has 7 heterocycles. The van der Waals surface area contributed by atoms with Gasteiger partial charge in [-0.2, -0.15) is 9.97 Å². The number of anilines is 1. The van der Waals surface area contributed by atoms with Crippen LogP contribution in [-0.2, 0) is 25.3 Å². The summed E-state index contributed by atoms with van der Waals surface area (Å²) in [6, 6.07) is 3.09. The first-order valence-electron chi connectivity index (χ1n) is 15.3. The molecule has 18 heteroatoms. The van der Waals surface area contributed by atoms with Crippen LogP contribution >= 0.6 is 0 Å². The van der Waals surface area contributed by atoms with E-state index in [-0.39, 0.29) is 58.7 Å². The summed E-state index contributed by atoms with van der Waals surface area (Å²) in [7, 11) is 8.90. The van der Waals surface area contributed by atoms with Gasteiger partial charge in [-0.25, -0.2) is 29.0 Å². The van der Waals surface area contributed by atoms with Gasteiger partial charge in [-0.05, 0) is 29.6 Å². The predicted octanol–water partition coefficient (Wildman–Crippen LogP) is 1.10. The molecule has 7 rings (SSSR count). The van der Waals surface area contributed by atoms with E-state index in [2.05, 4.69) is 36.8 Å². The van der Waals surface area contributed by atoms with Crippen molar-refractivity contribution in [3.63, 3.8) is 0 Å². The van der Waals surface area contributed by atoms with Crippen molar-refractivity contribution in [1.82, 2.24) is 39.3 Å². The molecule has 3 aromatic heterocycles. The van der Waals surface area contributed by atoms with Crippen LogP contribution < -0.4 is 39.5 Å². The number of rotatable bonds is 0. The summed E-state index contributed by atoms with van der Waals surface area (Å²) in [4.78, 5) is 61.8.